The van der Waals surface area contributed by atoms with E-state index in [4.69, 9.17) is 40.5 Å². The van der Waals surface area contributed by atoms with Crippen LogP contribution < -0.4 is 5.73 Å². The molecule has 20 heavy (non-hydrogen) atoms. The third kappa shape index (κ3) is 2.95. The van der Waals surface area contributed by atoms with E-state index in [1.165, 1.54) is 18.2 Å². The van der Waals surface area contributed by atoms with E-state index < -0.39 is 11.9 Å². The molecule has 0 atom stereocenters. The van der Waals surface area contributed by atoms with E-state index in [-0.39, 0.29) is 27.0 Å². The lowest BCUT2D eigenvalue weighted by atomic mass is 10.1. The molecule has 0 aliphatic rings. The zero-order valence-corrected chi connectivity index (χ0v) is 11.9. The number of nitrogens with two attached hydrogens (primary N) is 1. The summed E-state index contributed by atoms with van der Waals surface area (Å²) >= 11 is 17.8. The molecule has 0 saturated heterocycles. The van der Waals surface area contributed by atoms with Gasteiger partial charge in [-0.15, -0.1) is 0 Å². The Bertz CT molecular complexity index is 648. The van der Waals surface area contributed by atoms with Gasteiger partial charge < -0.3 is 5.73 Å². The van der Waals surface area contributed by atoms with Gasteiger partial charge in [-0.05, 0) is 24.3 Å². The van der Waals surface area contributed by atoms with Crippen molar-refractivity contribution in [2.45, 2.75) is 6.18 Å². The minimum absolute atomic E-state index is 0.177. The summed E-state index contributed by atoms with van der Waals surface area (Å²) in [6.45, 7) is 0. The van der Waals surface area contributed by atoms with E-state index in [2.05, 4.69) is 4.98 Å². The fraction of sp³-hybridized carbons (Fsp3) is 0.0833. The largest absolute Gasteiger partial charge is 0.433 e. The van der Waals surface area contributed by atoms with Gasteiger partial charge in [0.15, 0.2) is 0 Å². The second-order valence-corrected chi connectivity index (χ2v) is 5.12. The van der Waals surface area contributed by atoms with Crippen LogP contribution in [0.25, 0.3) is 11.1 Å². The Labute approximate surface area is 127 Å². The van der Waals surface area contributed by atoms with Crippen molar-refractivity contribution in [2.24, 2.45) is 0 Å². The maximum absolute atomic E-state index is 12.5. The molecule has 1 heterocycles. The molecule has 1 aromatic heterocycles. The molecule has 8 heteroatoms. The number of nitrogen functional groups attached to an aromatic ring is 1. The van der Waals surface area contributed by atoms with E-state index in [1.54, 1.807) is 0 Å². The summed E-state index contributed by atoms with van der Waals surface area (Å²) in [5.41, 5.74) is 4.98. The highest BCUT2D eigenvalue weighted by atomic mass is 35.5. The van der Waals surface area contributed by atoms with Gasteiger partial charge in [0.25, 0.3) is 0 Å². The number of hydrogen-bond acceptors (Lipinski definition) is 2. The first-order chi connectivity index (χ1) is 9.20. The summed E-state index contributed by atoms with van der Waals surface area (Å²) in [6, 6.07) is 4.82. The molecule has 0 amide bonds. The maximum atomic E-state index is 12.5. The number of pyridine rings is 1. The Morgan fingerprint density at radius 1 is 1.00 bits per heavy atom. The molecule has 0 fully saturated rings. The van der Waals surface area contributed by atoms with Crippen LogP contribution in [0.4, 0.5) is 19.0 Å². The molecular weight excluding hydrogens is 335 g/mol. The van der Waals surface area contributed by atoms with E-state index in [0.717, 1.165) is 6.07 Å². The molecule has 0 aliphatic carbocycles. The minimum Gasteiger partial charge on any atom is -0.383 e. The summed E-state index contributed by atoms with van der Waals surface area (Å²) < 4.78 is 37.6. The van der Waals surface area contributed by atoms with Gasteiger partial charge >= 0.3 is 6.18 Å². The van der Waals surface area contributed by atoms with Crippen molar-refractivity contribution < 1.29 is 13.2 Å². The number of hydrogen-bond donors (Lipinski definition) is 1. The molecule has 2 aromatic rings. The molecule has 0 bridgehead atoms. The average molecular weight is 342 g/mol. The van der Waals surface area contributed by atoms with Gasteiger partial charge in [-0.3, -0.25) is 0 Å². The van der Waals surface area contributed by atoms with Gasteiger partial charge in [-0.1, -0.05) is 34.8 Å². The zero-order valence-electron chi connectivity index (χ0n) is 9.60. The summed E-state index contributed by atoms with van der Waals surface area (Å²) in [7, 11) is 0. The van der Waals surface area contributed by atoms with Gasteiger partial charge in [0.05, 0.1) is 10.0 Å². The number of aromatic nitrogens is 1. The van der Waals surface area contributed by atoms with Gasteiger partial charge in [0.1, 0.15) is 11.5 Å². The number of nitrogens with zero attached hydrogens (tertiary/aromatic N) is 1. The number of anilines is 1. The predicted octanol–water partition coefficient (Wildman–Crippen LogP) is 5.31. The average Bonchev–Trinajstić information content (AvgIpc) is 2.28. The lowest BCUT2D eigenvalue weighted by molar-refractivity contribution is -0.141. The Balaban J connectivity index is 2.61. The molecular formula is C12H6Cl3F3N2. The van der Waals surface area contributed by atoms with Crippen molar-refractivity contribution >= 4 is 40.6 Å². The van der Waals surface area contributed by atoms with Crippen LogP contribution in [0.15, 0.2) is 24.3 Å². The molecule has 0 aliphatic heterocycles. The van der Waals surface area contributed by atoms with Gasteiger partial charge in [-0.25, -0.2) is 4.98 Å². The maximum Gasteiger partial charge on any atom is 0.433 e. The highest BCUT2D eigenvalue weighted by Crippen LogP contribution is 2.40. The smallest absolute Gasteiger partial charge is 0.383 e. The summed E-state index contributed by atoms with van der Waals surface area (Å²) in [5.74, 6) is -0.314. The lowest BCUT2D eigenvalue weighted by Crippen LogP contribution is -2.10. The third-order valence-corrected chi connectivity index (χ3v) is 3.31. The van der Waals surface area contributed by atoms with Crippen LogP contribution in [0, 0.1) is 0 Å². The van der Waals surface area contributed by atoms with Crippen LogP contribution in [0.1, 0.15) is 5.69 Å². The number of benzene rings is 1. The van der Waals surface area contributed by atoms with Crippen LogP contribution in [-0.2, 0) is 6.18 Å². The second kappa shape index (κ2) is 5.31. The monoisotopic (exact) mass is 340 g/mol. The Morgan fingerprint density at radius 3 is 2.00 bits per heavy atom. The predicted molar refractivity (Wildman–Crippen MR) is 74.1 cm³/mol. The highest BCUT2D eigenvalue weighted by molar-refractivity contribution is 6.42. The first-order valence-corrected chi connectivity index (χ1v) is 6.32. The molecule has 2 rings (SSSR count). The Morgan fingerprint density at radius 2 is 1.55 bits per heavy atom. The molecule has 0 radical (unpaired) electrons. The summed E-state index contributed by atoms with van der Waals surface area (Å²) in [4.78, 5) is 3.33. The molecule has 0 spiro atoms. The lowest BCUT2D eigenvalue weighted by Gasteiger charge is -2.12. The molecule has 2 N–H and O–H groups in total. The molecule has 106 valence electrons. The van der Waals surface area contributed by atoms with Crippen molar-refractivity contribution in [1.29, 1.82) is 0 Å². The fourth-order valence-corrected chi connectivity index (χ4v) is 2.66. The van der Waals surface area contributed by atoms with Crippen molar-refractivity contribution in [3.05, 3.63) is 45.0 Å². The van der Waals surface area contributed by atoms with E-state index in [1.807, 2.05) is 0 Å². The first kappa shape index (κ1) is 15.2. The second-order valence-electron chi connectivity index (χ2n) is 3.87. The van der Waals surface area contributed by atoms with Crippen LogP contribution >= 0.6 is 34.8 Å². The molecule has 2 nitrogen and oxygen atoms in total. The molecule has 0 saturated carbocycles. The van der Waals surface area contributed by atoms with Crippen LogP contribution in [0.2, 0.25) is 15.1 Å². The number of alkyl halides is 3. The number of rotatable bonds is 1. The third-order valence-electron chi connectivity index (χ3n) is 2.49. The Hall–Kier alpha value is -1.17. The zero-order chi connectivity index (χ0) is 15.1. The van der Waals surface area contributed by atoms with Gasteiger partial charge in [0, 0.05) is 16.1 Å². The van der Waals surface area contributed by atoms with Crippen molar-refractivity contribution in [1.82, 2.24) is 4.98 Å². The van der Waals surface area contributed by atoms with Crippen molar-refractivity contribution in [3.63, 3.8) is 0 Å². The number of halogens is 6. The van der Waals surface area contributed by atoms with Crippen LogP contribution in [0.3, 0.4) is 0 Å². The topological polar surface area (TPSA) is 38.9 Å². The van der Waals surface area contributed by atoms with Gasteiger partial charge in [0.2, 0.25) is 0 Å². The normalized spacial score (nSPS) is 11.7. The highest BCUT2D eigenvalue weighted by Gasteiger charge is 2.33. The van der Waals surface area contributed by atoms with Gasteiger partial charge in [-0.2, -0.15) is 13.2 Å². The Kier molecular flexibility index (Phi) is 4.04. The quantitative estimate of drug-likeness (QED) is 0.763. The minimum atomic E-state index is -4.57. The summed E-state index contributed by atoms with van der Waals surface area (Å²) in [6.07, 6.45) is -4.57. The van der Waals surface area contributed by atoms with Crippen molar-refractivity contribution in [2.75, 3.05) is 5.73 Å². The molecule has 1 aromatic carbocycles. The fourth-order valence-electron chi connectivity index (χ4n) is 1.64. The molecule has 0 unspecified atom stereocenters. The standard InChI is InChI=1S/C12H6Cl3F3N2/c13-5-3-7(14)10(8(15)4-5)6-1-2-9(12(16,17)18)20-11(6)19/h1-4H,(H2,19,20). The SMILES string of the molecule is Nc1nc(C(F)(F)F)ccc1-c1c(Cl)cc(Cl)cc1Cl. The van der Waals surface area contributed by atoms with E-state index in [9.17, 15) is 13.2 Å². The summed E-state index contributed by atoms with van der Waals surface area (Å²) in [5, 5.41) is 0.661. The van der Waals surface area contributed by atoms with Crippen LogP contribution in [0.5, 0.6) is 0 Å². The van der Waals surface area contributed by atoms with Crippen LogP contribution in [-0.4, -0.2) is 4.98 Å². The van der Waals surface area contributed by atoms with E-state index >= 15 is 0 Å². The first-order valence-electron chi connectivity index (χ1n) is 5.19. The van der Waals surface area contributed by atoms with E-state index in [0.29, 0.717) is 5.02 Å². The van der Waals surface area contributed by atoms with Crippen molar-refractivity contribution in [3.8, 4) is 11.1 Å².